The maximum Gasteiger partial charge on any atom is 0.274 e. The van der Waals surface area contributed by atoms with Gasteiger partial charge in [0.1, 0.15) is 17.2 Å². The van der Waals surface area contributed by atoms with E-state index in [0.29, 0.717) is 17.3 Å². The fraction of sp³-hybridized carbons (Fsp3) is 0.0909. The van der Waals surface area contributed by atoms with Crippen LogP contribution in [-0.4, -0.2) is 40.3 Å². The minimum absolute atomic E-state index is 0.0118. The lowest BCUT2D eigenvalue weighted by molar-refractivity contribution is 0.101. The standard InChI is InChI=1S/C22H16F2N8O/c1-12-25-10-15(23)19(27-12)14-9-26-31(2)20(14)22(33)28-17-8-18-29-21(13-6-4-3-5-7-13)30-32(18)11-16(17)24/h3-11H,1-2H3,(H,28,33). The van der Waals surface area contributed by atoms with Crippen molar-refractivity contribution in [1.82, 2.24) is 34.3 Å². The zero-order valence-electron chi connectivity index (χ0n) is 17.5. The van der Waals surface area contributed by atoms with Crippen molar-refractivity contribution in [1.29, 1.82) is 0 Å². The molecule has 5 aromatic rings. The fourth-order valence-electron chi connectivity index (χ4n) is 3.41. The summed E-state index contributed by atoms with van der Waals surface area (Å²) in [4.78, 5) is 25.3. The average molecular weight is 446 g/mol. The third kappa shape index (κ3) is 3.69. The van der Waals surface area contributed by atoms with Gasteiger partial charge < -0.3 is 5.32 Å². The molecular formula is C22H16F2N8O. The van der Waals surface area contributed by atoms with Gasteiger partial charge in [0.05, 0.1) is 29.8 Å². The Kier molecular flexibility index (Phi) is 4.85. The first-order chi connectivity index (χ1) is 15.9. The Labute approximate surface area is 185 Å². The monoisotopic (exact) mass is 446 g/mol. The number of rotatable bonds is 4. The van der Waals surface area contributed by atoms with Gasteiger partial charge in [-0.05, 0) is 6.92 Å². The number of nitrogens with zero attached hydrogens (tertiary/aromatic N) is 7. The number of hydrogen-bond acceptors (Lipinski definition) is 6. The number of nitrogens with one attached hydrogen (secondary N) is 1. The van der Waals surface area contributed by atoms with Crippen LogP contribution in [0.4, 0.5) is 14.5 Å². The van der Waals surface area contributed by atoms with Crippen LogP contribution in [0.5, 0.6) is 0 Å². The topological polar surface area (TPSA) is 103 Å². The maximum absolute atomic E-state index is 14.8. The lowest BCUT2D eigenvalue weighted by Gasteiger charge is -2.09. The van der Waals surface area contributed by atoms with Gasteiger partial charge in [0.15, 0.2) is 23.1 Å². The molecule has 0 unspecified atom stereocenters. The van der Waals surface area contributed by atoms with Gasteiger partial charge in [0.2, 0.25) is 0 Å². The first-order valence-corrected chi connectivity index (χ1v) is 9.85. The number of halogens is 2. The fourth-order valence-corrected chi connectivity index (χ4v) is 3.41. The number of hydrogen-bond donors (Lipinski definition) is 1. The van der Waals surface area contributed by atoms with Crippen LogP contribution in [0.2, 0.25) is 0 Å². The molecule has 1 N–H and O–H groups in total. The lowest BCUT2D eigenvalue weighted by atomic mass is 10.1. The van der Waals surface area contributed by atoms with Crippen LogP contribution in [0.15, 0.2) is 55.0 Å². The summed E-state index contributed by atoms with van der Waals surface area (Å²) in [7, 11) is 1.52. The van der Waals surface area contributed by atoms with Crippen molar-refractivity contribution < 1.29 is 13.6 Å². The van der Waals surface area contributed by atoms with Crippen LogP contribution < -0.4 is 5.32 Å². The van der Waals surface area contributed by atoms with Crippen molar-refractivity contribution in [2.45, 2.75) is 6.92 Å². The Bertz CT molecular complexity index is 1510. The molecular weight excluding hydrogens is 430 g/mol. The van der Waals surface area contributed by atoms with Crippen molar-refractivity contribution in [3.8, 4) is 22.6 Å². The molecule has 1 aromatic carbocycles. The molecule has 9 nitrogen and oxygen atoms in total. The number of pyridine rings is 1. The molecule has 11 heteroatoms. The van der Waals surface area contributed by atoms with E-state index in [1.165, 1.54) is 28.5 Å². The molecule has 164 valence electrons. The van der Waals surface area contributed by atoms with Crippen molar-refractivity contribution in [2.75, 3.05) is 5.32 Å². The van der Waals surface area contributed by atoms with Crippen LogP contribution in [0, 0.1) is 18.6 Å². The quantitative estimate of drug-likeness (QED) is 0.454. The van der Waals surface area contributed by atoms with E-state index in [-0.39, 0.29) is 22.6 Å². The highest BCUT2D eigenvalue weighted by atomic mass is 19.1. The lowest BCUT2D eigenvalue weighted by Crippen LogP contribution is -2.18. The van der Waals surface area contributed by atoms with Crippen LogP contribution in [0.1, 0.15) is 16.3 Å². The van der Waals surface area contributed by atoms with Crippen LogP contribution in [-0.2, 0) is 7.05 Å². The molecule has 1 amide bonds. The number of amides is 1. The summed E-state index contributed by atoms with van der Waals surface area (Å²) in [5.41, 5.74) is 1.11. The second kappa shape index (κ2) is 7.86. The molecule has 0 saturated heterocycles. The molecule has 0 spiro atoms. The zero-order valence-corrected chi connectivity index (χ0v) is 17.5. The van der Waals surface area contributed by atoms with Gasteiger partial charge >= 0.3 is 0 Å². The number of anilines is 1. The Morgan fingerprint density at radius 3 is 2.64 bits per heavy atom. The smallest absolute Gasteiger partial charge is 0.274 e. The van der Waals surface area contributed by atoms with Gasteiger partial charge in [0.25, 0.3) is 5.91 Å². The van der Waals surface area contributed by atoms with Gasteiger partial charge in [-0.25, -0.2) is 28.2 Å². The Morgan fingerprint density at radius 2 is 1.85 bits per heavy atom. The summed E-state index contributed by atoms with van der Waals surface area (Å²) in [6.45, 7) is 1.60. The highest BCUT2D eigenvalue weighted by molar-refractivity contribution is 6.07. The van der Waals surface area contributed by atoms with E-state index in [1.807, 2.05) is 30.3 Å². The summed E-state index contributed by atoms with van der Waals surface area (Å²) in [5, 5.41) is 10.8. The van der Waals surface area contributed by atoms with Crippen molar-refractivity contribution in [3.05, 3.63) is 78.1 Å². The number of fused-ring (bicyclic) bond motifs is 1. The van der Waals surface area contributed by atoms with Gasteiger partial charge in [-0.1, -0.05) is 30.3 Å². The normalized spacial score (nSPS) is 11.2. The maximum atomic E-state index is 14.8. The number of aryl methyl sites for hydroxylation is 2. The Balaban J connectivity index is 1.51. The van der Waals surface area contributed by atoms with Crippen LogP contribution in [0.3, 0.4) is 0 Å². The van der Waals surface area contributed by atoms with E-state index >= 15 is 0 Å². The molecule has 33 heavy (non-hydrogen) atoms. The van der Waals surface area contributed by atoms with Gasteiger partial charge in [-0.15, -0.1) is 5.10 Å². The third-order valence-corrected chi connectivity index (χ3v) is 4.98. The molecule has 0 aliphatic carbocycles. The van der Waals surface area contributed by atoms with Crippen molar-refractivity contribution in [3.63, 3.8) is 0 Å². The van der Waals surface area contributed by atoms with E-state index in [2.05, 4.69) is 30.5 Å². The molecule has 0 saturated carbocycles. The summed E-state index contributed by atoms with van der Waals surface area (Å²) >= 11 is 0. The van der Waals surface area contributed by atoms with Crippen LogP contribution in [0.25, 0.3) is 28.3 Å². The summed E-state index contributed by atoms with van der Waals surface area (Å²) in [6.07, 6.45) is 3.47. The second-order valence-corrected chi connectivity index (χ2v) is 7.24. The third-order valence-electron chi connectivity index (χ3n) is 4.98. The number of benzene rings is 1. The highest BCUT2D eigenvalue weighted by Gasteiger charge is 2.23. The largest absolute Gasteiger partial charge is 0.318 e. The average Bonchev–Trinajstić information content (AvgIpc) is 3.39. The second-order valence-electron chi connectivity index (χ2n) is 7.24. The number of aromatic nitrogens is 7. The highest BCUT2D eigenvalue weighted by Crippen LogP contribution is 2.26. The molecule has 0 aliphatic rings. The van der Waals surface area contributed by atoms with Crippen molar-refractivity contribution >= 4 is 17.2 Å². The summed E-state index contributed by atoms with van der Waals surface area (Å²) in [6, 6.07) is 10.6. The summed E-state index contributed by atoms with van der Waals surface area (Å²) < 4.78 is 31.7. The number of carbonyl (C=O) groups excluding carboxylic acids is 1. The Hall–Kier alpha value is -4.54. The van der Waals surface area contributed by atoms with Gasteiger partial charge in [0, 0.05) is 18.7 Å². The molecule has 0 fully saturated rings. The van der Waals surface area contributed by atoms with Crippen LogP contribution >= 0.6 is 0 Å². The minimum atomic E-state index is -0.715. The molecule has 0 atom stereocenters. The van der Waals surface area contributed by atoms with E-state index < -0.39 is 17.5 Å². The summed E-state index contributed by atoms with van der Waals surface area (Å²) in [5.74, 6) is -1.35. The first-order valence-electron chi connectivity index (χ1n) is 9.85. The molecule has 5 rings (SSSR count). The molecule has 0 bridgehead atoms. The van der Waals surface area contributed by atoms with Crippen molar-refractivity contribution in [2.24, 2.45) is 7.05 Å². The van der Waals surface area contributed by atoms with E-state index in [1.54, 1.807) is 6.92 Å². The predicted octanol–water partition coefficient (Wildman–Crippen LogP) is 3.43. The Morgan fingerprint density at radius 1 is 1.06 bits per heavy atom. The SMILES string of the molecule is Cc1ncc(F)c(-c2cnn(C)c2C(=O)Nc2cc3nc(-c4ccccc4)nn3cc2F)n1. The van der Waals surface area contributed by atoms with Gasteiger partial charge in [-0.3, -0.25) is 9.48 Å². The van der Waals surface area contributed by atoms with E-state index in [4.69, 9.17) is 0 Å². The van der Waals surface area contributed by atoms with Gasteiger partial charge in [-0.2, -0.15) is 5.10 Å². The molecule has 0 aliphatic heterocycles. The molecule has 4 heterocycles. The first kappa shape index (κ1) is 20.4. The minimum Gasteiger partial charge on any atom is -0.318 e. The molecule has 4 aromatic heterocycles. The molecule has 0 radical (unpaired) electrons. The predicted molar refractivity (Wildman–Crippen MR) is 115 cm³/mol. The van der Waals surface area contributed by atoms with E-state index in [0.717, 1.165) is 18.0 Å². The number of carbonyl (C=O) groups is 1. The zero-order chi connectivity index (χ0) is 23.1. The van der Waals surface area contributed by atoms with E-state index in [9.17, 15) is 13.6 Å².